The highest BCUT2D eigenvalue weighted by atomic mass is 35.5. The van der Waals surface area contributed by atoms with Crippen LogP contribution in [0.1, 0.15) is 29.7 Å². The number of carbonyl (C=O) groups excluding carboxylic acids is 1. The van der Waals surface area contributed by atoms with Crippen LogP contribution in [-0.2, 0) is 26.0 Å². The number of hydrogen-bond donors (Lipinski definition) is 0. The van der Waals surface area contributed by atoms with E-state index in [1.54, 1.807) is 12.1 Å². The van der Waals surface area contributed by atoms with E-state index in [4.69, 9.17) is 11.6 Å². The molecule has 0 bridgehead atoms. The normalized spacial score (nSPS) is 17.0. The van der Waals surface area contributed by atoms with Gasteiger partial charge in [0.1, 0.15) is 11.3 Å². The zero-order chi connectivity index (χ0) is 27.9. The number of nitrogens with zero attached hydrogens (tertiary/aromatic N) is 4. The summed E-state index contributed by atoms with van der Waals surface area (Å²) in [6, 6.07) is 6.97. The Balaban J connectivity index is 2.43. The molecule has 1 heterocycles. The number of urea groups is 1. The summed E-state index contributed by atoms with van der Waals surface area (Å²) in [4.78, 5) is 13.7. The minimum atomic E-state index is -4.79. The highest BCUT2D eigenvalue weighted by Gasteiger charge is 2.47. The second-order valence-corrected chi connectivity index (χ2v) is 12.2. The first-order chi connectivity index (χ1) is 17.1. The molecule has 1 unspecified atom stereocenters. The van der Waals surface area contributed by atoms with Gasteiger partial charge in [-0.25, -0.2) is 25.9 Å². The predicted octanol–water partition coefficient (Wildman–Crippen LogP) is 4.29. The van der Waals surface area contributed by atoms with Gasteiger partial charge in [0.05, 0.1) is 39.4 Å². The number of benzene rings is 2. The van der Waals surface area contributed by atoms with Crippen LogP contribution in [0.4, 0.5) is 23.7 Å². The van der Waals surface area contributed by atoms with Gasteiger partial charge in [0.2, 0.25) is 0 Å². The topological polar surface area (TPSA) is 139 Å². The number of rotatable bonds is 5. The van der Waals surface area contributed by atoms with Crippen molar-refractivity contribution in [2.45, 2.75) is 24.0 Å². The van der Waals surface area contributed by atoms with Crippen molar-refractivity contribution in [2.24, 2.45) is 0 Å². The molecule has 37 heavy (non-hydrogen) atoms. The third-order valence-corrected chi connectivity index (χ3v) is 8.66. The zero-order valence-electron chi connectivity index (χ0n) is 19.0. The molecule has 1 atom stereocenters. The van der Waals surface area contributed by atoms with Gasteiger partial charge in [-0.2, -0.15) is 23.7 Å². The van der Waals surface area contributed by atoms with Crippen molar-refractivity contribution >= 4 is 43.2 Å². The van der Waals surface area contributed by atoms with E-state index in [0.717, 1.165) is 36.6 Å². The number of allylic oxidation sites excluding steroid dienone is 1. The van der Waals surface area contributed by atoms with Gasteiger partial charge in [-0.1, -0.05) is 12.1 Å². The van der Waals surface area contributed by atoms with Crippen LogP contribution >= 0.6 is 11.6 Å². The summed E-state index contributed by atoms with van der Waals surface area (Å²) in [6.45, 7) is 1.21. The van der Waals surface area contributed by atoms with Crippen molar-refractivity contribution in [1.29, 1.82) is 10.5 Å². The quantitative estimate of drug-likeness (QED) is 0.487. The standard InChI is InChI=1S/C22H16ClF3N4O5S2/c1-13-18(11-28)20(17-7-6-14(10-27)8-19(17)36(2,32)33)30(37(34,35)12-23)21(31)29(13)16-5-3-4-15(9-16)22(24,25)26/h3-9,20H,12H2,1-2H3. The molecular weight excluding hydrogens is 557 g/mol. The molecule has 0 fully saturated rings. The summed E-state index contributed by atoms with van der Waals surface area (Å²) in [6.07, 6.45) is -4.00. The summed E-state index contributed by atoms with van der Waals surface area (Å²) in [5, 5.41) is 18.0. The Morgan fingerprint density at radius 1 is 1.05 bits per heavy atom. The van der Waals surface area contributed by atoms with Gasteiger partial charge in [-0.05, 0) is 42.8 Å². The zero-order valence-corrected chi connectivity index (χ0v) is 21.4. The molecule has 9 nitrogen and oxygen atoms in total. The summed E-state index contributed by atoms with van der Waals surface area (Å²) in [5.41, 5.74) is -2.61. The van der Waals surface area contributed by atoms with E-state index >= 15 is 0 Å². The maximum atomic E-state index is 13.6. The second kappa shape index (κ2) is 9.70. The van der Waals surface area contributed by atoms with E-state index in [1.807, 2.05) is 0 Å². The molecule has 1 aliphatic heterocycles. The van der Waals surface area contributed by atoms with Crippen molar-refractivity contribution < 1.29 is 34.8 Å². The van der Waals surface area contributed by atoms with E-state index < -0.39 is 59.4 Å². The average Bonchev–Trinajstić information content (AvgIpc) is 2.82. The lowest BCUT2D eigenvalue weighted by molar-refractivity contribution is -0.137. The molecule has 1 aliphatic rings. The Morgan fingerprint density at radius 2 is 1.70 bits per heavy atom. The lowest BCUT2D eigenvalue weighted by atomic mass is 9.94. The molecule has 3 rings (SSSR count). The molecule has 2 aromatic carbocycles. The number of alkyl halides is 4. The van der Waals surface area contributed by atoms with E-state index in [-0.39, 0.29) is 26.8 Å². The Kier molecular flexibility index (Phi) is 7.34. The van der Waals surface area contributed by atoms with Crippen molar-refractivity contribution in [3.63, 3.8) is 0 Å². The fourth-order valence-electron chi connectivity index (χ4n) is 3.82. The predicted molar refractivity (Wildman–Crippen MR) is 126 cm³/mol. The molecule has 0 aliphatic carbocycles. The molecule has 0 saturated carbocycles. The number of halogens is 4. The van der Waals surface area contributed by atoms with Crippen molar-refractivity contribution in [1.82, 2.24) is 4.31 Å². The molecular formula is C22H16ClF3N4O5S2. The van der Waals surface area contributed by atoms with Gasteiger partial charge in [-0.3, -0.25) is 4.90 Å². The van der Waals surface area contributed by atoms with Crippen LogP contribution in [0.15, 0.2) is 58.6 Å². The van der Waals surface area contributed by atoms with E-state index in [0.29, 0.717) is 11.0 Å². The number of anilines is 1. The van der Waals surface area contributed by atoms with Gasteiger partial charge in [0.25, 0.3) is 10.0 Å². The highest BCUT2D eigenvalue weighted by Crippen LogP contribution is 2.43. The molecule has 0 saturated heterocycles. The molecule has 0 N–H and O–H groups in total. The Labute approximate surface area is 215 Å². The van der Waals surface area contributed by atoms with Gasteiger partial charge < -0.3 is 0 Å². The third-order valence-electron chi connectivity index (χ3n) is 5.44. The van der Waals surface area contributed by atoms with Crippen LogP contribution < -0.4 is 4.90 Å². The molecule has 2 amide bonds. The van der Waals surface area contributed by atoms with Crippen LogP contribution in [0, 0.1) is 22.7 Å². The van der Waals surface area contributed by atoms with E-state index in [9.17, 15) is 45.3 Å². The fraction of sp³-hybridized carbons (Fsp3) is 0.227. The van der Waals surface area contributed by atoms with Crippen LogP contribution in [0.25, 0.3) is 0 Å². The maximum Gasteiger partial charge on any atom is 0.416 e. The average molecular weight is 573 g/mol. The van der Waals surface area contributed by atoms with Crippen molar-refractivity contribution in [3.05, 3.63) is 70.4 Å². The maximum absolute atomic E-state index is 13.6. The molecule has 2 aromatic rings. The van der Waals surface area contributed by atoms with Crippen molar-refractivity contribution in [2.75, 3.05) is 16.4 Å². The van der Waals surface area contributed by atoms with Gasteiger partial charge in [-0.15, -0.1) is 11.6 Å². The number of nitriles is 2. The minimum absolute atomic E-state index is 0.0946. The number of sulfonamides is 1. The van der Waals surface area contributed by atoms with Crippen LogP contribution in [0.5, 0.6) is 0 Å². The van der Waals surface area contributed by atoms with E-state index in [1.165, 1.54) is 13.0 Å². The number of amides is 2. The largest absolute Gasteiger partial charge is 0.416 e. The second-order valence-electron chi connectivity index (χ2n) is 7.83. The number of hydrogen-bond acceptors (Lipinski definition) is 7. The third kappa shape index (κ3) is 5.13. The summed E-state index contributed by atoms with van der Waals surface area (Å²) < 4.78 is 91.3. The fourth-order valence-corrected chi connectivity index (χ4v) is 6.05. The monoisotopic (exact) mass is 572 g/mol. The van der Waals surface area contributed by atoms with Gasteiger partial charge >= 0.3 is 12.2 Å². The lowest BCUT2D eigenvalue weighted by Crippen LogP contribution is -2.52. The Hall–Kier alpha value is -3.59. The highest BCUT2D eigenvalue weighted by molar-refractivity contribution is 7.91. The lowest BCUT2D eigenvalue weighted by Gasteiger charge is -2.41. The van der Waals surface area contributed by atoms with Gasteiger partial charge in [0.15, 0.2) is 9.84 Å². The smallest absolute Gasteiger partial charge is 0.265 e. The molecule has 0 aromatic heterocycles. The summed E-state index contributed by atoms with van der Waals surface area (Å²) in [5.74, 6) is 0. The summed E-state index contributed by atoms with van der Waals surface area (Å²) in [7, 11) is -8.88. The molecule has 194 valence electrons. The van der Waals surface area contributed by atoms with Crippen LogP contribution in [-0.4, -0.2) is 38.6 Å². The van der Waals surface area contributed by atoms with Gasteiger partial charge in [0, 0.05) is 12.0 Å². The summed E-state index contributed by atoms with van der Waals surface area (Å²) >= 11 is 5.62. The molecule has 0 spiro atoms. The molecule has 0 radical (unpaired) electrons. The van der Waals surface area contributed by atoms with Crippen LogP contribution in [0.2, 0.25) is 0 Å². The number of carbonyl (C=O) groups is 1. The minimum Gasteiger partial charge on any atom is -0.265 e. The Morgan fingerprint density at radius 3 is 2.22 bits per heavy atom. The van der Waals surface area contributed by atoms with E-state index in [2.05, 4.69) is 0 Å². The first-order valence-electron chi connectivity index (χ1n) is 10.0. The van der Waals surface area contributed by atoms with Crippen LogP contribution in [0.3, 0.4) is 0 Å². The first kappa shape index (κ1) is 28.0. The Bertz CT molecular complexity index is 1620. The SMILES string of the molecule is CC1=C(C#N)C(c2ccc(C#N)cc2S(C)(=O)=O)N(S(=O)(=O)CCl)C(=O)N1c1cccc(C(F)(F)F)c1. The first-order valence-corrected chi connectivity index (χ1v) is 14.1. The van der Waals surface area contributed by atoms with Crippen molar-refractivity contribution in [3.8, 4) is 12.1 Å². The number of sulfone groups is 1. The molecule has 15 heteroatoms.